The molecule has 2 aromatic rings. The van der Waals surface area contributed by atoms with Crippen LogP contribution in [0.4, 0.5) is 0 Å². The highest BCUT2D eigenvalue weighted by Crippen LogP contribution is 2.40. The average molecular weight is 325 g/mol. The van der Waals surface area contributed by atoms with Gasteiger partial charge in [-0.1, -0.05) is 23.2 Å². The van der Waals surface area contributed by atoms with Gasteiger partial charge >= 0.3 is 5.97 Å². The molecule has 0 saturated heterocycles. The molecule has 0 bridgehead atoms. The molecule has 0 aliphatic heterocycles. The number of nitrogens with zero attached hydrogens (tertiary/aromatic N) is 2. The second-order valence-corrected chi connectivity index (χ2v) is 6.22. The number of aromatic carboxylic acids is 1. The highest BCUT2D eigenvalue weighted by Gasteiger charge is 2.31. The van der Waals surface area contributed by atoms with Gasteiger partial charge in [-0.2, -0.15) is 5.10 Å². The maximum Gasteiger partial charge on any atom is 0.339 e. The topological polar surface area (TPSA) is 55.1 Å². The van der Waals surface area contributed by atoms with Crippen LogP contribution < -0.4 is 0 Å². The fraction of sp³-hybridized carbons (Fsp3) is 0.333. The summed E-state index contributed by atoms with van der Waals surface area (Å²) in [7, 11) is 0. The van der Waals surface area contributed by atoms with Crippen LogP contribution in [0.15, 0.2) is 24.4 Å². The summed E-state index contributed by atoms with van der Waals surface area (Å²) >= 11 is 12.2. The van der Waals surface area contributed by atoms with Crippen molar-refractivity contribution in [2.45, 2.75) is 25.8 Å². The van der Waals surface area contributed by atoms with Crippen LogP contribution in [0.25, 0.3) is 11.3 Å². The number of halogens is 2. The molecule has 1 N–H and O–H groups in total. The van der Waals surface area contributed by atoms with E-state index < -0.39 is 5.97 Å². The van der Waals surface area contributed by atoms with Crippen molar-refractivity contribution >= 4 is 29.2 Å². The predicted molar refractivity (Wildman–Crippen MR) is 82.1 cm³/mol. The Morgan fingerprint density at radius 3 is 2.76 bits per heavy atom. The number of carbonyl (C=O) groups is 1. The van der Waals surface area contributed by atoms with E-state index >= 15 is 0 Å². The van der Waals surface area contributed by atoms with E-state index in [9.17, 15) is 9.90 Å². The molecule has 4 nitrogen and oxygen atoms in total. The molecule has 1 aromatic carbocycles. The van der Waals surface area contributed by atoms with E-state index in [1.807, 2.05) is 0 Å². The summed E-state index contributed by atoms with van der Waals surface area (Å²) in [4.78, 5) is 11.5. The zero-order valence-electron chi connectivity index (χ0n) is 11.4. The number of rotatable bonds is 4. The average Bonchev–Trinajstić information content (AvgIpc) is 3.19. The zero-order valence-corrected chi connectivity index (χ0v) is 12.9. The minimum atomic E-state index is -1.02. The van der Waals surface area contributed by atoms with Gasteiger partial charge in [-0.3, -0.25) is 4.68 Å². The van der Waals surface area contributed by atoms with Crippen LogP contribution in [0.5, 0.6) is 0 Å². The molecule has 6 heteroatoms. The van der Waals surface area contributed by atoms with Gasteiger partial charge in [-0.25, -0.2) is 4.79 Å². The molecule has 1 atom stereocenters. The van der Waals surface area contributed by atoms with Crippen molar-refractivity contribution in [3.8, 4) is 11.3 Å². The Hall–Kier alpha value is -1.52. The normalized spacial score (nSPS) is 16.0. The third-order valence-corrected chi connectivity index (χ3v) is 4.43. The number of hydrogen-bond donors (Lipinski definition) is 1. The second-order valence-electron chi connectivity index (χ2n) is 5.38. The van der Waals surface area contributed by atoms with Gasteiger partial charge in [-0.15, -0.1) is 0 Å². The van der Waals surface area contributed by atoms with Gasteiger partial charge in [0.05, 0.1) is 11.1 Å². The maximum absolute atomic E-state index is 11.5. The molecule has 1 fully saturated rings. The first-order chi connectivity index (χ1) is 9.97. The Balaban J connectivity index is 2.11. The van der Waals surface area contributed by atoms with E-state index in [2.05, 4.69) is 12.0 Å². The minimum Gasteiger partial charge on any atom is -0.478 e. The lowest BCUT2D eigenvalue weighted by atomic mass is 10.1. The Bertz CT molecular complexity index is 708. The summed E-state index contributed by atoms with van der Waals surface area (Å²) < 4.78 is 1.73. The summed E-state index contributed by atoms with van der Waals surface area (Å²) in [6.07, 6.45) is 3.91. The highest BCUT2D eigenvalue weighted by molar-refractivity contribution is 6.35. The molecule has 1 aliphatic rings. The van der Waals surface area contributed by atoms with Crippen molar-refractivity contribution in [3.05, 3.63) is 40.0 Å². The largest absolute Gasteiger partial charge is 0.478 e. The third-order valence-electron chi connectivity index (χ3n) is 3.87. The van der Waals surface area contributed by atoms with Crippen molar-refractivity contribution in [1.82, 2.24) is 9.78 Å². The van der Waals surface area contributed by atoms with E-state index in [1.165, 1.54) is 0 Å². The molecule has 0 spiro atoms. The molecule has 1 unspecified atom stereocenters. The lowest BCUT2D eigenvalue weighted by Gasteiger charge is -2.10. The smallest absolute Gasteiger partial charge is 0.339 e. The number of aromatic nitrogens is 2. The summed E-state index contributed by atoms with van der Waals surface area (Å²) in [5, 5.41) is 14.8. The first-order valence-corrected chi connectivity index (χ1v) is 7.51. The van der Waals surface area contributed by atoms with Crippen LogP contribution in [-0.2, 0) is 0 Å². The fourth-order valence-electron chi connectivity index (χ4n) is 2.43. The van der Waals surface area contributed by atoms with Crippen LogP contribution in [0.2, 0.25) is 10.0 Å². The molecular weight excluding hydrogens is 311 g/mol. The first-order valence-electron chi connectivity index (χ1n) is 6.75. The van der Waals surface area contributed by atoms with Crippen LogP contribution >= 0.6 is 23.2 Å². The first kappa shape index (κ1) is 14.4. The van der Waals surface area contributed by atoms with Gasteiger partial charge in [0.15, 0.2) is 0 Å². The number of hydrogen-bond acceptors (Lipinski definition) is 2. The van der Waals surface area contributed by atoms with Gasteiger partial charge in [0.1, 0.15) is 11.3 Å². The van der Waals surface area contributed by atoms with E-state index in [-0.39, 0.29) is 11.6 Å². The molecule has 1 saturated carbocycles. The molecular formula is C15H14Cl2N2O2. The van der Waals surface area contributed by atoms with E-state index in [0.717, 1.165) is 12.8 Å². The Kier molecular flexibility index (Phi) is 3.68. The number of benzene rings is 1. The number of carboxylic acids is 1. The monoisotopic (exact) mass is 324 g/mol. The van der Waals surface area contributed by atoms with E-state index in [1.54, 1.807) is 29.1 Å². The van der Waals surface area contributed by atoms with Crippen molar-refractivity contribution < 1.29 is 9.90 Å². The van der Waals surface area contributed by atoms with Crippen molar-refractivity contribution in [1.29, 1.82) is 0 Å². The summed E-state index contributed by atoms with van der Waals surface area (Å²) in [6, 6.07) is 5.14. The Labute approximate surface area is 132 Å². The molecule has 1 aromatic heterocycles. The minimum absolute atomic E-state index is 0.145. The Morgan fingerprint density at radius 1 is 1.43 bits per heavy atom. The van der Waals surface area contributed by atoms with Crippen LogP contribution in [-0.4, -0.2) is 20.9 Å². The van der Waals surface area contributed by atoms with Crippen molar-refractivity contribution in [3.63, 3.8) is 0 Å². The quantitative estimate of drug-likeness (QED) is 0.899. The van der Waals surface area contributed by atoms with Crippen LogP contribution in [0, 0.1) is 5.92 Å². The van der Waals surface area contributed by atoms with Crippen molar-refractivity contribution in [2.24, 2.45) is 5.92 Å². The van der Waals surface area contributed by atoms with E-state index in [4.69, 9.17) is 23.2 Å². The fourth-order valence-corrected chi connectivity index (χ4v) is 2.81. The standard InChI is InChI=1S/C15H14Cl2N2O2/c1-8(9-2-3-9)19-7-12(15(20)21)14(18-19)11-6-10(16)4-5-13(11)17/h4-9H,2-3H2,1H3,(H,20,21). The molecule has 0 amide bonds. The zero-order chi connectivity index (χ0) is 15.1. The van der Waals surface area contributed by atoms with Gasteiger partial charge in [0.25, 0.3) is 0 Å². The lowest BCUT2D eigenvalue weighted by Crippen LogP contribution is -2.07. The Morgan fingerprint density at radius 2 is 2.14 bits per heavy atom. The third kappa shape index (κ3) is 2.78. The molecule has 0 radical (unpaired) electrons. The molecule has 110 valence electrons. The van der Waals surface area contributed by atoms with Gasteiger partial charge in [0, 0.05) is 16.8 Å². The highest BCUT2D eigenvalue weighted by atomic mass is 35.5. The molecule has 3 rings (SSSR count). The summed E-state index contributed by atoms with van der Waals surface area (Å²) in [5.74, 6) is -0.440. The van der Waals surface area contributed by atoms with Gasteiger partial charge in [0.2, 0.25) is 0 Å². The summed E-state index contributed by atoms with van der Waals surface area (Å²) in [6.45, 7) is 2.06. The van der Waals surface area contributed by atoms with Crippen LogP contribution in [0.1, 0.15) is 36.2 Å². The molecule has 1 heterocycles. The maximum atomic E-state index is 11.5. The lowest BCUT2D eigenvalue weighted by molar-refractivity contribution is 0.0697. The SMILES string of the molecule is CC(C1CC1)n1cc(C(=O)O)c(-c2cc(Cl)ccc2Cl)n1. The molecule has 21 heavy (non-hydrogen) atoms. The summed E-state index contributed by atoms with van der Waals surface area (Å²) in [5.41, 5.74) is 1.05. The van der Waals surface area contributed by atoms with Crippen molar-refractivity contribution in [2.75, 3.05) is 0 Å². The van der Waals surface area contributed by atoms with Gasteiger partial charge < -0.3 is 5.11 Å². The van der Waals surface area contributed by atoms with E-state index in [0.29, 0.717) is 27.2 Å². The van der Waals surface area contributed by atoms with Gasteiger partial charge in [-0.05, 0) is 43.9 Å². The second kappa shape index (κ2) is 5.35. The van der Waals surface area contributed by atoms with Crippen LogP contribution in [0.3, 0.4) is 0 Å². The number of carboxylic acid groups (broad SMARTS) is 1. The predicted octanol–water partition coefficient (Wildman–Crippen LogP) is 4.53. The molecule has 1 aliphatic carbocycles.